The standard InChI is InChI=1S/C19H16F3N7O5S2/c20-19(21,22)8-34-26-10(13-25-18(23)36-27-13)14(30)24-11-15(31)29-12(17(32)33)9(7-35-16(11)29)6-28-4-2-1-3-5-28/h1-5,11,16H,6-8H2,(H3-,23,24,25,27,30,32,33)/t11?,16-/m0/s1. The lowest BCUT2D eigenvalue weighted by Crippen LogP contribution is -2.71. The summed E-state index contributed by atoms with van der Waals surface area (Å²) in [6.45, 7) is -1.57. The number of hydrogen-bond acceptors (Lipinski definition) is 11. The van der Waals surface area contributed by atoms with E-state index in [2.05, 4.69) is 24.7 Å². The fraction of sp³-hybridized carbons (Fsp3) is 0.316. The second kappa shape index (κ2) is 10.1. The number of β-lactam (4-membered cyclic amide) rings is 1. The van der Waals surface area contributed by atoms with E-state index in [9.17, 15) is 32.7 Å². The van der Waals surface area contributed by atoms with Gasteiger partial charge < -0.3 is 25.8 Å². The van der Waals surface area contributed by atoms with Crippen molar-refractivity contribution < 1.29 is 42.1 Å². The minimum absolute atomic E-state index is 0.0809. The first kappa shape index (κ1) is 25.4. The molecule has 4 rings (SSSR count). The van der Waals surface area contributed by atoms with Crippen LogP contribution in [0.1, 0.15) is 5.82 Å². The molecular weight excluding hydrogens is 527 g/mol. The predicted molar refractivity (Wildman–Crippen MR) is 117 cm³/mol. The number of aromatic nitrogens is 3. The van der Waals surface area contributed by atoms with Crippen molar-refractivity contribution in [2.45, 2.75) is 24.1 Å². The molecule has 2 amide bonds. The van der Waals surface area contributed by atoms with Crippen LogP contribution in [-0.4, -0.2) is 67.7 Å². The Labute approximate surface area is 208 Å². The molecule has 190 valence electrons. The summed E-state index contributed by atoms with van der Waals surface area (Å²) < 4.78 is 42.8. The maximum Gasteiger partial charge on any atom is 0.425 e. The number of carboxylic acid groups (broad SMARTS) is 1. The number of nitrogens with one attached hydrogen (secondary N) is 1. The number of amides is 2. The number of rotatable bonds is 8. The normalized spacial score (nSPS) is 20.0. The molecule has 0 aromatic carbocycles. The Bertz CT molecular complexity index is 1250. The zero-order valence-electron chi connectivity index (χ0n) is 18.0. The van der Waals surface area contributed by atoms with Crippen LogP contribution in [0.4, 0.5) is 18.3 Å². The van der Waals surface area contributed by atoms with Crippen LogP contribution in [0.5, 0.6) is 0 Å². The van der Waals surface area contributed by atoms with Gasteiger partial charge in [0.2, 0.25) is 18.1 Å². The molecule has 2 aromatic rings. The van der Waals surface area contributed by atoms with Gasteiger partial charge in [0.05, 0.1) is 11.7 Å². The van der Waals surface area contributed by atoms with Crippen LogP contribution in [0.15, 0.2) is 47.0 Å². The molecule has 2 aromatic heterocycles. The van der Waals surface area contributed by atoms with E-state index in [0.29, 0.717) is 17.1 Å². The molecule has 3 N–H and O–H groups in total. The first-order valence-electron chi connectivity index (χ1n) is 10.0. The Morgan fingerprint density at radius 1 is 1.33 bits per heavy atom. The van der Waals surface area contributed by atoms with Crippen LogP contribution >= 0.6 is 23.3 Å². The Morgan fingerprint density at radius 3 is 2.67 bits per heavy atom. The van der Waals surface area contributed by atoms with Crippen LogP contribution in [0.3, 0.4) is 0 Å². The van der Waals surface area contributed by atoms with E-state index < -0.39 is 53.5 Å². The molecule has 0 spiro atoms. The number of alkyl halides is 3. The molecule has 0 bridgehead atoms. The summed E-state index contributed by atoms with van der Waals surface area (Å²) in [5, 5.41) is 16.6. The number of hydrogen-bond donors (Lipinski definition) is 2. The highest BCUT2D eigenvalue weighted by molar-refractivity contribution is 8.00. The molecule has 2 aliphatic rings. The van der Waals surface area contributed by atoms with E-state index in [1.165, 1.54) is 11.8 Å². The molecule has 1 unspecified atom stereocenters. The smallest absolute Gasteiger partial charge is 0.425 e. The Balaban J connectivity index is 1.52. The van der Waals surface area contributed by atoms with E-state index in [4.69, 9.17) is 5.73 Å². The highest BCUT2D eigenvalue weighted by Gasteiger charge is 2.53. The van der Waals surface area contributed by atoms with Crippen LogP contribution in [0, 0.1) is 0 Å². The van der Waals surface area contributed by atoms with Gasteiger partial charge in [0.1, 0.15) is 11.4 Å². The van der Waals surface area contributed by atoms with Gasteiger partial charge in [-0.25, -0.2) is 4.57 Å². The van der Waals surface area contributed by atoms with Crippen molar-refractivity contribution in [2.75, 3.05) is 18.1 Å². The van der Waals surface area contributed by atoms with E-state index in [0.717, 1.165) is 4.90 Å². The van der Waals surface area contributed by atoms with Gasteiger partial charge in [-0.1, -0.05) is 11.2 Å². The fourth-order valence-electron chi connectivity index (χ4n) is 3.45. The number of halogens is 3. The lowest BCUT2D eigenvalue weighted by Gasteiger charge is -2.50. The van der Waals surface area contributed by atoms with Gasteiger partial charge in [-0.3, -0.25) is 14.5 Å². The van der Waals surface area contributed by atoms with Gasteiger partial charge >= 0.3 is 6.18 Å². The fourth-order valence-corrected chi connectivity index (χ4v) is 5.22. The van der Waals surface area contributed by atoms with Crippen LogP contribution in [0.25, 0.3) is 0 Å². The highest BCUT2D eigenvalue weighted by atomic mass is 32.2. The number of anilines is 1. The summed E-state index contributed by atoms with van der Waals surface area (Å²) >= 11 is 1.88. The number of carbonyl (C=O) groups excluding carboxylic acids is 3. The molecule has 0 aliphatic carbocycles. The summed E-state index contributed by atoms with van der Waals surface area (Å²) in [6.07, 6.45) is -1.25. The maximum absolute atomic E-state index is 12.8. The van der Waals surface area contributed by atoms with Crippen LogP contribution in [0.2, 0.25) is 0 Å². The number of carboxylic acids is 1. The number of pyridine rings is 1. The Kier molecular flexibility index (Phi) is 7.11. The Morgan fingerprint density at radius 2 is 2.06 bits per heavy atom. The van der Waals surface area contributed by atoms with E-state index in [1.807, 2.05) is 0 Å². The van der Waals surface area contributed by atoms with Crippen molar-refractivity contribution >= 4 is 51.9 Å². The van der Waals surface area contributed by atoms with Crippen molar-refractivity contribution in [3.63, 3.8) is 0 Å². The van der Waals surface area contributed by atoms with Crippen LogP contribution < -0.4 is 20.7 Å². The molecule has 36 heavy (non-hydrogen) atoms. The van der Waals surface area contributed by atoms with Crippen molar-refractivity contribution in [3.8, 4) is 0 Å². The van der Waals surface area contributed by atoms with Crippen LogP contribution in [-0.2, 0) is 25.8 Å². The maximum atomic E-state index is 12.8. The monoisotopic (exact) mass is 543 g/mol. The summed E-state index contributed by atoms with van der Waals surface area (Å²) in [5.74, 6) is -3.55. The largest absolute Gasteiger partial charge is 0.543 e. The number of nitrogens with two attached hydrogens (primary N) is 1. The quantitative estimate of drug-likeness (QED) is 0.180. The number of thioether (sulfide) groups is 1. The minimum atomic E-state index is -4.72. The van der Waals surface area contributed by atoms with Gasteiger partial charge in [0.25, 0.3) is 11.8 Å². The summed E-state index contributed by atoms with van der Waals surface area (Å²) in [4.78, 5) is 46.5. The van der Waals surface area contributed by atoms with Crippen molar-refractivity contribution in [2.24, 2.45) is 5.16 Å². The lowest BCUT2D eigenvalue weighted by atomic mass is 10.0. The van der Waals surface area contributed by atoms with Crippen molar-refractivity contribution in [1.29, 1.82) is 0 Å². The third kappa shape index (κ3) is 5.40. The third-order valence-corrected chi connectivity index (χ3v) is 6.81. The highest BCUT2D eigenvalue weighted by Crippen LogP contribution is 2.40. The van der Waals surface area contributed by atoms with E-state index in [1.54, 1.807) is 35.2 Å². The molecule has 1 saturated heterocycles. The van der Waals surface area contributed by atoms with Gasteiger partial charge in [-0.15, -0.1) is 11.8 Å². The molecular formula is C19H16F3N7O5S2. The molecule has 0 radical (unpaired) electrons. The second-order valence-corrected chi connectivity index (χ2v) is 9.32. The number of oxime groups is 1. The molecule has 12 nitrogen and oxygen atoms in total. The second-order valence-electron chi connectivity index (χ2n) is 7.43. The van der Waals surface area contributed by atoms with Crippen molar-refractivity contribution in [1.82, 2.24) is 19.6 Å². The predicted octanol–water partition coefficient (Wildman–Crippen LogP) is -1.21. The number of nitrogens with zero attached hydrogens (tertiary/aromatic N) is 5. The Hall–Kier alpha value is -3.73. The number of aliphatic carboxylic acids is 1. The molecule has 4 heterocycles. The molecule has 17 heteroatoms. The minimum Gasteiger partial charge on any atom is -0.543 e. The van der Waals surface area contributed by atoms with Gasteiger partial charge in [-0.2, -0.15) is 22.5 Å². The zero-order chi connectivity index (χ0) is 26.0. The molecule has 2 aliphatic heterocycles. The summed E-state index contributed by atoms with van der Waals surface area (Å²) in [7, 11) is 0. The number of nitrogen functional groups attached to an aromatic ring is 1. The summed E-state index contributed by atoms with van der Waals surface area (Å²) in [5.41, 5.74) is 4.90. The molecule has 1 fully saturated rings. The number of carbonyl (C=O) groups is 3. The van der Waals surface area contributed by atoms with Crippen molar-refractivity contribution in [3.05, 3.63) is 47.7 Å². The molecule has 0 saturated carbocycles. The van der Waals surface area contributed by atoms with Gasteiger partial charge in [0.15, 0.2) is 24.1 Å². The van der Waals surface area contributed by atoms with Gasteiger partial charge in [-0.05, 0) is 0 Å². The van der Waals surface area contributed by atoms with Gasteiger partial charge in [0, 0.05) is 35.0 Å². The number of fused-ring (bicyclic) bond motifs is 1. The average Bonchev–Trinajstić information content (AvgIpc) is 3.25. The molecule has 2 atom stereocenters. The summed E-state index contributed by atoms with van der Waals surface area (Å²) in [6, 6.07) is 4.14. The average molecular weight is 544 g/mol. The topological polar surface area (TPSA) is 167 Å². The first-order valence-corrected chi connectivity index (χ1v) is 11.9. The first-order chi connectivity index (χ1) is 17.0. The zero-order valence-corrected chi connectivity index (χ0v) is 19.6. The van der Waals surface area contributed by atoms with E-state index >= 15 is 0 Å². The lowest BCUT2D eigenvalue weighted by molar-refractivity contribution is -0.689. The SMILES string of the molecule is Nc1nc(C(=NOCC(F)(F)F)C(=O)NC2C(=O)N3C(C(=O)[O-])=C(C[n+]4ccccc4)CS[C@@H]23)ns1. The third-order valence-electron chi connectivity index (χ3n) is 4.93. The van der Waals surface area contributed by atoms with E-state index in [-0.39, 0.29) is 23.1 Å².